The molecule has 1 aromatic heterocycles. The molecule has 3 heterocycles. The van der Waals surface area contributed by atoms with E-state index in [0.29, 0.717) is 55.4 Å². The minimum absolute atomic E-state index is 0.261. The van der Waals surface area contributed by atoms with Gasteiger partial charge in [0.25, 0.3) is 0 Å². The lowest BCUT2D eigenvalue weighted by Crippen LogP contribution is -2.63. The normalized spacial score (nSPS) is 15.7. The number of ether oxygens (including phenoxy) is 3. The average Bonchev–Trinajstić information content (AvgIpc) is 3.04. The highest BCUT2D eigenvalue weighted by Gasteiger charge is 2.36. The first-order chi connectivity index (χ1) is 22.6. The molecule has 246 valence electrons. The molecule has 2 saturated heterocycles. The number of piperazine rings is 1. The minimum Gasteiger partial charge on any atom is -0.473 e. The Morgan fingerprint density at radius 3 is 2.06 bits per heavy atom. The van der Waals surface area contributed by atoms with Gasteiger partial charge in [0.1, 0.15) is 24.6 Å². The number of amides is 1. The number of rotatable bonds is 9. The second kappa shape index (κ2) is 14.0. The third-order valence-electron chi connectivity index (χ3n) is 8.55. The highest BCUT2D eigenvalue weighted by Crippen LogP contribution is 2.38. The quantitative estimate of drug-likeness (QED) is 0.194. The van der Waals surface area contributed by atoms with E-state index in [1.54, 1.807) is 11.0 Å². The van der Waals surface area contributed by atoms with Crippen molar-refractivity contribution in [1.82, 2.24) is 14.8 Å². The van der Waals surface area contributed by atoms with Gasteiger partial charge in [0.2, 0.25) is 11.8 Å². The number of aromatic nitrogens is 1. The summed E-state index contributed by atoms with van der Waals surface area (Å²) >= 11 is 0. The third kappa shape index (κ3) is 8.03. The largest absolute Gasteiger partial charge is 0.473 e. The van der Waals surface area contributed by atoms with E-state index in [2.05, 4.69) is 9.80 Å². The Balaban J connectivity index is 1.13. The van der Waals surface area contributed by atoms with Gasteiger partial charge in [-0.15, -0.1) is 0 Å². The first-order valence-electron chi connectivity index (χ1n) is 16.2. The first-order valence-corrected chi connectivity index (χ1v) is 16.2. The number of nitrogens with zero attached hydrogens (tertiary/aromatic N) is 4. The van der Waals surface area contributed by atoms with E-state index in [-0.39, 0.29) is 11.9 Å². The van der Waals surface area contributed by atoms with Gasteiger partial charge in [0.05, 0.1) is 5.69 Å². The summed E-state index contributed by atoms with van der Waals surface area (Å²) in [4.78, 5) is 23.4. The van der Waals surface area contributed by atoms with Crippen LogP contribution in [-0.2, 0) is 18.0 Å². The molecule has 0 N–H and O–H groups in total. The number of pyridine rings is 1. The van der Waals surface area contributed by atoms with Crippen molar-refractivity contribution in [2.24, 2.45) is 0 Å². The van der Waals surface area contributed by atoms with Crippen molar-refractivity contribution < 1.29 is 23.4 Å². The number of hydrogen-bond donors (Lipinski definition) is 0. The van der Waals surface area contributed by atoms with Crippen molar-refractivity contribution in [3.63, 3.8) is 0 Å². The Kier molecular flexibility index (Phi) is 9.63. The highest BCUT2D eigenvalue weighted by molar-refractivity contribution is 5.75. The van der Waals surface area contributed by atoms with Crippen LogP contribution in [0, 0.1) is 12.7 Å². The molecule has 2 aliphatic rings. The van der Waals surface area contributed by atoms with Crippen LogP contribution in [0.4, 0.5) is 14.9 Å². The summed E-state index contributed by atoms with van der Waals surface area (Å²) in [7, 11) is 0. The Labute approximate surface area is 276 Å². The van der Waals surface area contributed by atoms with E-state index in [1.807, 2.05) is 107 Å². The van der Waals surface area contributed by atoms with E-state index >= 15 is 4.39 Å². The number of benzene rings is 3. The molecule has 0 atom stereocenters. The Hall–Kier alpha value is -4.63. The fourth-order valence-corrected chi connectivity index (χ4v) is 5.95. The van der Waals surface area contributed by atoms with E-state index < -0.39 is 5.60 Å². The zero-order valence-electron chi connectivity index (χ0n) is 27.6. The molecule has 0 saturated carbocycles. The maximum absolute atomic E-state index is 15.8. The van der Waals surface area contributed by atoms with Gasteiger partial charge in [-0.25, -0.2) is 9.18 Å². The maximum atomic E-state index is 15.8. The van der Waals surface area contributed by atoms with Crippen LogP contribution in [0.2, 0.25) is 0 Å². The zero-order chi connectivity index (χ0) is 33.0. The Morgan fingerprint density at radius 2 is 1.45 bits per heavy atom. The Morgan fingerprint density at radius 1 is 0.830 bits per heavy atom. The molecule has 47 heavy (non-hydrogen) atoms. The second-order valence-electron chi connectivity index (χ2n) is 13.2. The highest BCUT2D eigenvalue weighted by atomic mass is 19.1. The summed E-state index contributed by atoms with van der Waals surface area (Å²) < 4.78 is 33.6. The van der Waals surface area contributed by atoms with Crippen LogP contribution in [0.15, 0.2) is 84.9 Å². The fraction of sp³-hybridized carbons (Fsp3) is 0.368. The van der Waals surface area contributed by atoms with Gasteiger partial charge in [0, 0.05) is 56.9 Å². The van der Waals surface area contributed by atoms with Crippen molar-refractivity contribution in [3.8, 4) is 22.9 Å². The summed E-state index contributed by atoms with van der Waals surface area (Å²) in [5.41, 5.74) is 4.50. The molecule has 0 aliphatic carbocycles. The third-order valence-corrected chi connectivity index (χ3v) is 8.55. The topological polar surface area (TPSA) is 67.4 Å². The predicted molar refractivity (Wildman–Crippen MR) is 181 cm³/mol. The number of carbonyl (C=O) groups is 1. The van der Waals surface area contributed by atoms with Crippen molar-refractivity contribution in [3.05, 3.63) is 107 Å². The van der Waals surface area contributed by atoms with Gasteiger partial charge in [-0.3, -0.25) is 4.90 Å². The molecule has 8 nitrogen and oxygen atoms in total. The molecule has 2 aliphatic heterocycles. The molecule has 9 heteroatoms. The number of halogens is 1. The van der Waals surface area contributed by atoms with Crippen LogP contribution in [-0.4, -0.2) is 71.8 Å². The lowest BCUT2D eigenvalue weighted by molar-refractivity contribution is 0.00873. The van der Waals surface area contributed by atoms with Crippen LogP contribution >= 0.6 is 0 Å². The van der Waals surface area contributed by atoms with E-state index in [1.165, 1.54) is 0 Å². The van der Waals surface area contributed by atoms with E-state index in [4.69, 9.17) is 19.2 Å². The first kappa shape index (κ1) is 32.3. The van der Waals surface area contributed by atoms with Crippen LogP contribution < -0.4 is 14.4 Å². The van der Waals surface area contributed by atoms with Crippen LogP contribution in [0.25, 0.3) is 11.1 Å². The standard InChI is InChI=1S/C38H43FN4O4/c1-27-21-34(43-23-30(24-43)41-17-19-42(20-18-41)37(44)47-38(2,3)4)33(39)22-32(27)31-15-16-35(45-25-28-11-7-5-8-12-28)40-36(31)46-26-29-13-9-6-10-14-29/h5-16,21-22,30H,17-20,23-26H2,1-4H3. The number of carbonyl (C=O) groups excluding carboxylic acids is 1. The number of anilines is 1. The zero-order valence-corrected chi connectivity index (χ0v) is 27.6. The molecule has 0 bridgehead atoms. The molecule has 0 spiro atoms. The lowest BCUT2D eigenvalue weighted by Gasteiger charge is -2.49. The number of aryl methyl sites for hydroxylation is 1. The Bertz CT molecular complexity index is 1660. The van der Waals surface area contributed by atoms with Crippen molar-refractivity contribution >= 4 is 11.8 Å². The summed E-state index contributed by atoms with van der Waals surface area (Å²) in [6, 6.07) is 27.3. The van der Waals surface area contributed by atoms with Gasteiger partial charge in [-0.1, -0.05) is 60.7 Å². The molecule has 0 unspecified atom stereocenters. The van der Waals surface area contributed by atoms with Gasteiger partial charge in [-0.2, -0.15) is 4.98 Å². The maximum Gasteiger partial charge on any atom is 0.410 e. The van der Waals surface area contributed by atoms with Gasteiger partial charge in [-0.05, 0) is 68.1 Å². The van der Waals surface area contributed by atoms with Crippen LogP contribution in [0.5, 0.6) is 11.8 Å². The van der Waals surface area contributed by atoms with Gasteiger partial charge >= 0.3 is 6.09 Å². The van der Waals surface area contributed by atoms with Crippen molar-refractivity contribution in [2.75, 3.05) is 44.2 Å². The molecular weight excluding hydrogens is 595 g/mol. The second-order valence-corrected chi connectivity index (χ2v) is 13.2. The van der Waals surface area contributed by atoms with Crippen molar-refractivity contribution in [1.29, 1.82) is 0 Å². The molecular formula is C38H43FN4O4. The summed E-state index contributed by atoms with van der Waals surface area (Å²) in [6.07, 6.45) is -0.261. The van der Waals surface area contributed by atoms with E-state index in [0.717, 1.165) is 48.4 Å². The molecule has 3 aromatic carbocycles. The smallest absolute Gasteiger partial charge is 0.410 e. The number of hydrogen-bond acceptors (Lipinski definition) is 7. The SMILES string of the molecule is Cc1cc(N2CC(N3CCN(C(=O)OC(C)(C)C)CC3)C2)c(F)cc1-c1ccc(OCc2ccccc2)nc1OCc1ccccc1. The average molecular weight is 639 g/mol. The predicted octanol–water partition coefficient (Wildman–Crippen LogP) is 7.10. The molecule has 4 aromatic rings. The lowest BCUT2D eigenvalue weighted by atomic mass is 9.98. The monoisotopic (exact) mass is 638 g/mol. The molecule has 0 radical (unpaired) electrons. The van der Waals surface area contributed by atoms with Crippen LogP contribution in [0.1, 0.15) is 37.5 Å². The molecule has 2 fully saturated rings. The molecule has 1 amide bonds. The van der Waals surface area contributed by atoms with Crippen LogP contribution in [0.3, 0.4) is 0 Å². The summed E-state index contributed by atoms with van der Waals surface area (Å²) in [6.45, 7) is 12.6. The van der Waals surface area contributed by atoms with Gasteiger partial charge in [0.15, 0.2) is 0 Å². The van der Waals surface area contributed by atoms with Gasteiger partial charge < -0.3 is 24.0 Å². The van der Waals surface area contributed by atoms with Crippen molar-refractivity contribution in [2.45, 2.75) is 52.6 Å². The minimum atomic E-state index is -0.506. The fourth-order valence-electron chi connectivity index (χ4n) is 5.95. The molecule has 6 rings (SSSR count). The van der Waals surface area contributed by atoms with E-state index in [9.17, 15) is 4.79 Å². The summed E-state index contributed by atoms with van der Waals surface area (Å²) in [5, 5.41) is 0. The summed E-state index contributed by atoms with van der Waals surface area (Å²) in [5.74, 6) is 0.551.